The molecule has 1 aromatic heterocycles. The Balaban J connectivity index is 3.20. The highest BCUT2D eigenvalue weighted by Gasteiger charge is 2.24. The lowest BCUT2D eigenvalue weighted by Crippen LogP contribution is -2.42. The molecule has 1 rings (SSSR count). The molecule has 5 nitrogen and oxygen atoms in total. The van der Waals surface area contributed by atoms with Crippen molar-refractivity contribution >= 4 is 21.6 Å². The third-order valence-electron chi connectivity index (χ3n) is 1.89. The molecule has 7 heteroatoms. The van der Waals surface area contributed by atoms with Crippen LogP contribution >= 0.6 is 11.6 Å². The summed E-state index contributed by atoms with van der Waals surface area (Å²) in [6.07, 6.45) is 6.24. The van der Waals surface area contributed by atoms with Gasteiger partial charge < -0.3 is 4.98 Å². The number of H-pyrrole nitrogens is 1. The zero-order valence-electron chi connectivity index (χ0n) is 9.24. The molecule has 0 unspecified atom stereocenters. The fourth-order valence-corrected chi connectivity index (χ4v) is 2.59. The minimum Gasteiger partial charge on any atom is -0.326 e. The van der Waals surface area contributed by atoms with Crippen molar-refractivity contribution in [1.29, 1.82) is 0 Å². The molecule has 0 aliphatic rings. The van der Waals surface area contributed by atoms with Crippen LogP contribution in [-0.2, 0) is 10.0 Å². The van der Waals surface area contributed by atoms with Crippen LogP contribution in [0.3, 0.4) is 0 Å². The molecular weight excluding hydrogens is 264 g/mol. The highest BCUT2D eigenvalue weighted by molar-refractivity contribution is 7.89. The van der Waals surface area contributed by atoms with Gasteiger partial charge in [-0.2, -0.15) is 4.72 Å². The second-order valence-corrected chi connectivity index (χ2v) is 5.98. The van der Waals surface area contributed by atoms with Crippen molar-refractivity contribution in [1.82, 2.24) is 9.71 Å². The van der Waals surface area contributed by atoms with Crippen molar-refractivity contribution in [3.8, 4) is 12.3 Å². The molecule has 92 valence electrons. The van der Waals surface area contributed by atoms with Gasteiger partial charge in [-0.15, -0.1) is 6.42 Å². The van der Waals surface area contributed by atoms with Crippen LogP contribution in [0.2, 0.25) is 5.02 Å². The van der Waals surface area contributed by atoms with Crippen molar-refractivity contribution in [2.24, 2.45) is 0 Å². The molecule has 0 aliphatic heterocycles. The first-order valence-corrected chi connectivity index (χ1v) is 6.44. The van der Waals surface area contributed by atoms with Crippen LogP contribution in [0.15, 0.2) is 22.0 Å². The Hall–Kier alpha value is -1.29. The standard InChI is InChI=1S/C10H11ClN2O3S/c1-4-10(2,3)13-17(15,16)7-5-8(11)9(14)12-6-7/h1,5-6,13H,2-3H3,(H,12,14). The number of sulfonamides is 1. The summed E-state index contributed by atoms with van der Waals surface area (Å²) >= 11 is 5.55. The summed E-state index contributed by atoms with van der Waals surface area (Å²) in [5.41, 5.74) is -1.58. The molecular formula is C10H11ClN2O3S. The van der Waals surface area contributed by atoms with Crippen molar-refractivity contribution in [2.45, 2.75) is 24.3 Å². The summed E-state index contributed by atoms with van der Waals surface area (Å²) in [5, 5.41) is -0.202. The maximum atomic E-state index is 11.9. The zero-order chi connectivity index (χ0) is 13.3. The molecule has 0 radical (unpaired) electrons. The summed E-state index contributed by atoms with van der Waals surface area (Å²) < 4.78 is 26.1. The van der Waals surface area contributed by atoms with E-state index in [2.05, 4.69) is 15.6 Å². The third-order valence-corrected chi connectivity index (χ3v) is 3.81. The number of terminal acetylenes is 1. The summed E-state index contributed by atoms with van der Waals surface area (Å²) in [6.45, 7) is 3.08. The lowest BCUT2D eigenvalue weighted by Gasteiger charge is -2.19. The second-order valence-electron chi connectivity index (χ2n) is 3.89. The predicted molar refractivity (Wildman–Crippen MR) is 65.3 cm³/mol. The Morgan fingerprint density at radius 3 is 2.59 bits per heavy atom. The third kappa shape index (κ3) is 3.33. The molecule has 1 heterocycles. The summed E-state index contributed by atoms with van der Waals surface area (Å²) in [6, 6.07) is 1.06. The topological polar surface area (TPSA) is 79.0 Å². The summed E-state index contributed by atoms with van der Waals surface area (Å²) in [7, 11) is -3.82. The van der Waals surface area contributed by atoms with Crippen LogP contribution < -0.4 is 10.3 Å². The van der Waals surface area contributed by atoms with Crippen molar-refractivity contribution in [3.63, 3.8) is 0 Å². The molecule has 0 saturated heterocycles. The van der Waals surface area contributed by atoms with Crippen LogP contribution in [0.1, 0.15) is 13.8 Å². The molecule has 0 saturated carbocycles. The molecule has 0 fully saturated rings. The Morgan fingerprint density at radius 2 is 2.12 bits per heavy atom. The van der Waals surface area contributed by atoms with E-state index in [1.165, 1.54) is 13.8 Å². The Kier molecular flexibility index (Phi) is 3.67. The number of aromatic nitrogens is 1. The Morgan fingerprint density at radius 1 is 1.53 bits per heavy atom. The van der Waals surface area contributed by atoms with E-state index < -0.39 is 21.1 Å². The summed E-state index contributed by atoms with van der Waals surface area (Å²) in [5.74, 6) is 2.30. The van der Waals surface area contributed by atoms with Gasteiger partial charge in [-0.1, -0.05) is 17.5 Å². The maximum absolute atomic E-state index is 11.9. The molecule has 0 aliphatic carbocycles. The van der Waals surface area contributed by atoms with Crippen LogP contribution in [0.5, 0.6) is 0 Å². The first-order chi connectivity index (χ1) is 7.68. The first kappa shape index (κ1) is 13.8. The number of hydrogen-bond acceptors (Lipinski definition) is 3. The first-order valence-electron chi connectivity index (χ1n) is 4.58. The number of nitrogens with one attached hydrogen (secondary N) is 2. The van der Waals surface area contributed by atoms with Crippen LogP contribution in [0.4, 0.5) is 0 Å². The van der Waals surface area contributed by atoms with Crippen LogP contribution in [-0.4, -0.2) is 18.9 Å². The predicted octanol–water partition coefficient (Wildman–Crippen LogP) is 0.718. The number of rotatable bonds is 3. The Labute approximate surface area is 104 Å². The van der Waals surface area contributed by atoms with E-state index in [0.717, 1.165) is 12.3 Å². The smallest absolute Gasteiger partial charge is 0.266 e. The largest absolute Gasteiger partial charge is 0.326 e. The lowest BCUT2D eigenvalue weighted by molar-refractivity contribution is 0.538. The lowest BCUT2D eigenvalue weighted by atomic mass is 10.1. The average molecular weight is 275 g/mol. The van der Waals surface area contributed by atoms with Gasteiger partial charge in [-0.3, -0.25) is 4.79 Å². The molecule has 2 N–H and O–H groups in total. The quantitative estimate of drug-likeness (QED) is 0.797. The monoisotopic (exact) mass is 274 g/mol. The second kappa shape index (κ2) is 4.53. The number of halogens is 1. The molecule has 0 aromatic carbocycles. The average Bonchev–Trinajstić information content (AvgIpc) is 2.20. The fourth-order valence-electron chi connectivity index (χ4n) is 1.02. The Bertz CT molecular complexity index is 626. The molecule has 1 aromatic rings. The zero-order valence-corrected chi connectivity index (χ0v) is 10.8. The van der Waals surface area contributed by atoms with Crippen LogP contribution in [0.25, 0.3) is 0 Å². The van der Waals surface area contributed by atoms with Crippen LogP contribution in [0, 0.1) is 12.3 Å². The van der Waals surface area contributed by atoms with Gasteiger partial charge in [-0.05, 0) is 19.9 Å². The van der Waals surface area contributed by atoms with Gasteiger partial charge in [0, 0.05) is 6.20 Å². The minimum absolute atomic E-state index is 0.148. The molecule has 0 amide bonds. The molecule has 0 atom stereocenters. The molecule has 0 spiro atoms. The van der Waals surface area contributed by atoms with Gasteiger partial charge in [0.1, 0.15) is 5.02 Å². The van der Waals surface area contributed by atoms with Gasteiger partial charge in [0.15, 0.2) is 0 Å². The van der Waals surface area contributed by atoms with E-state index in [1.807, 2.05) is 0 Å². The maximum Gasteiger partial charge on any atom is 0.266 e. The number of aromatic amines is 1. The van der Waals surface area contributed by atoms with E-state index in [0.29, 0.717) is 0 Å². The van der Waals surface area contributed by atoms with E-state index in [4.69, 9.17) is 18.0 Å². The molecule has 17 heavy (non-hydrogen) atoms. The van der Waals surface area contributed by atoms with E-state index in [9.17, 15) is 13.2 Å². The van der Waals surface area contributed by atoms with Gasteiger partial charge in [0.05, 0.1) is 10.4 Å². The van der Waals surface area contributed by atoms with E-state index in [1.54, 1.807) is 0 Å². The normalized spacial score (nSPS) is 12.1. The highest BCUT2D eigenvalue weighted by Crippen LogP contribution is 2.13. The van der Waals surface area contributed by atoms with Crippen molar-refractivity contribution in [2.75, 3.05) is 0 Å². The van der Waals surface area contributed by atoms with E-state index in [-0.39, 0.29) is 9.92 Å². The SMILES string of the molecule is C#CC(C)(C)NS(=O)(=O)c1c[nH]c(=O)c(Cl)c1. The van der Waals surface area contributed by atoms with Gasteiger partial charge in [0.2, 0.25) is 10.0 Å². The van der Waals surface area contributed by atoms with Gasteiger partial charge >= 0.3 is 0 Å². The van der Waals surface area contributed by atoms with Crippen molar-refractivity contribution in [3.05, 3.63) is 27.6 Å². The number of pyridine rings is 1. The minimum atomic E-state index is -3.82. The molecule has 0 bridgehead atoms. The summed E-state index contributed by atoms with van der Waals surface area (Å²) in [4.78, 5) is 13.1. The van der Waals surface area contributed by atoms with E-state index >= 15 is 0 Å². The van der Waals surface area contributed by atoms with Crippen molar-refractivity contribution < 1.29 is 8.42 Å². The number of hydrogen-bond donors (Lipinski definition) is 2. The van der Waals surface area contributed by atoms with Gasteiger partial charge in [-0.25, -0.2) is 8.42 Å². The van der Waals surface area contributed by atoms with Gasteiger partial charge in [0.25, 0.3) is 5.56 Å². The fraction of sp³-hybridized carbons (Fsp3) is 0.300. The highest BCUT2D eigenvalue weighted by atomic mass is 35.5.